The third-order valence-electron chi connectivity index (χ3n) is 6.13. The van der Waals surface area contributed by atoms with Crippen molar-refractivity contribution < 1.29 is 30.8 Å². The van der Waals surface area contributed by atoms with E-state index in [1.165, 1.54) is 18.0 Å². The number of nitrogens with one attached hydrogen (secondary N) is 1. The molecule has 1 aliphatic heterocycles. The van der Waals surface area contributed by atoms with E-state index in [1.807, 2.05) is 0 Å². The molecule has 1 atom stereocenters. The van der Waals surface area contributed by atoms with E-state index < -0.39 is 51.6 Å². The van der Waals surface area contributed by atoms with Crippen LogP contribution in [0.15, 0.2) is 29.4 Å². The maximum Gasteiger partial charge on any atom is 0.275 e. The van der Waals surface area contributed by atoms with E-state index in [0.29, 0.717) is 0 Å². The summed E-state index contributed by atoms with van der Waals surface area (Å²) in [5, 5.41) is 5.98. The molecule has 0 saturated carbocycles. The van der Waals surface area contributed by atoms with Gasteiger partial charge in [0.05, 0.1) is 17.0 Å². The number of hydrazine groups is 1. The molecular formula is C21H23F4N5O3S. The summed E-state index contributed by atoms with van der Waals surface area (Å²) < 4.78 is 80.4. The van der Waals surface area contributed by atoms with Gasteiger partial charge in [0.2, 0.25) is 0 Å². The predicted octanol–water partition coefficient (Wildman–Crippen LogP) is 2.84. The van der Waals surface area contributed by atoms with Gasteiger partial charge in [0, 0.05) is 49.2 Å². The van der Waals surface area contributed by atoms with Crippen LogP contribution in [0.1, 0.15) is 47.8 Å². The van der Waals surface area contributed by atoms with Gasteiger partial charge in [0.15, 0.2) is 5.03 Å². The minimum Gasteiger partial charge on any atom is -0.285 e. The Balaban J connectivity index is 1.77. The van der Waals surface area contributed by atoms with Crippen LogP contribution in [0.4, 0.5) is 17.6 Å². The van der Waals surface area contributed by atoms with Crippen molar-refractivity contribution in [2.75, 3.05) is 13.1 Å². The number of piperidine rings is 1. The molecule has 2 aromatic heterocycles. The third kappa shape index (κ3) is 4.77. The topological polar surface area (TPSA) is 118 Å². The zero-order chi connectivity index (χ0) is 24.9. The zero-order valence-corrected chi connectivity index (χ0v) is 19.0. The fraction of sp³-hybridized carbons (Fsp3) is 0.476. The molecule has 8 nitrogen and oxygen atoms in total. The molecule has 3 heterocycles. The van der Waals surface area contributed by atoms with E-state index in [-0.39, 0.29) is 54.0 Å². The Labute approximate surface area is 193 Å². The second-order valence-corrected chi connectivity index (χ2v) is 10.2. The van der Waals surface area contributed by atoms with Crippen molar-refractivity contribution in [3.8, 4) is 11.3 Å². The molecule has 0 spiro atoms. The summed E-state index contributed by atoms with van der Waals surface area (Å²) in [7, 11) is -4.18. The van der Waals surface area contributed by atoms with Crippen molar-refractivity contribution >= 4 is 15.9 Å². The average molecular weight is 502 g/mol. The van der Waals surface area contributed by atoms with E-state index in [9.17, 15) is 30.8 Å². The van der Waals surface area contributed by atoms with Crippen LogP contribution in [-0.2, 0) is 22.4 Å². The highest BCUT2D eigenvalue weighted by Crippen LogP contribution is 2.41. The molecule has 3 N–H and O–H groups in total. The molecule has 1 amide bonds. The molecule has 1 aliphatic carbocycles. The number of sulfonamides is 1. The lowest BCUT2D eigenvalue weighted by molar-refractivity contribution is -0.106. The molecule has 1 fully saturated rings. The fourth-order valence-corrected chi connectivity index (χ4v) is 4.67. The molecule has 2 aromatic rings. The van der Waals surface area contributed by atoms with E-state index in [0.717, 1.165) is 18.3 Å². The highest BCUT2D eigenvalue weighted by atomic mass is 32.2. The van der Waals surface area contributed by atoms with Gasteiger partial charge in [0.1, 0.15) is 0 Å². The largest absolute Gasteiger partial charge is 0.285 e. The minimum absolute atomic E-state index is 0.0309. The van der Waals surface area contributed by atoms with Gasteiger partial charge in [-0.2, -0.15) is 0 Å². The number of fused-ring (bicyclic) bond motifs is 1. The van der Waals surface area contributed by atoms with E-state index in [2.05, 4.69) is 15.4 Å². The number of nitrogens with two attached hydrogens (primary N) is 1. The van der Waals surface area contributed by atoms with E-state index in [4.69, 9.17) is 5.14 Å². The van der Waals surface area contributed by atoms with Crippen LogP contribution in [0.2, 0.25) is 0 Å². The zero-order valence-electron chi connectivity index (χ0n) is 18.2. The van der Waals surface area contributed by atoms with Crippen LogP contribution in [0, 0.1) is 5.92 Å². The second kappa shape index (κ2) is 8.54. The number of rotatable bonds is 4. The van der Waals surface area contributed by atoms with Gasteiger partial charge < -0.3 is 0 Å². The Morgan fingerprint density at radius 1 is 1.24 bits per heavy atom. The lowest BCUT2D eigenvalue weighted by Crippen LogP contribution is -2.53. The lowest BCUT2D eigenvalue weighted by Gasteiger charge is -2.36. The van der Waals surface area contributed by atoms with Gasteiger partial charge in [0.25, 0.3) is 27.8 Å². The Kier molecular flexibility index (Phi) is 6.15. The quantitative estimate of drug-likeness (QED) is 0.622. The first kappa shape index (κ1) is 24.5. The number of aryl methyl sites for hydroxylation is 1. The molecule has 0 radical (unpaired) electrons. The summed E-state index contributed by atoms with van der Waals surface area (Å²) in [5.41, 5.74) is 2.10. The van der Waals surface area contributed by atoms with E-state index >= 15 is 0 Å². The molecule has 34 heavy (non-hydrogen) atoms. The summed E-state index contributed by atoms with van der Waals surface area (Å²) >= 11 is 0. The number of alkyl halides is 4. The Hall–Kier alpha value is -2.64. The summed E-state index contributed by atoms with van der Waals surface area (Å²) in [6.45, 7) is 1.10. The number of hydrogen-bond acceptors (Lipinski definition) is 6. The number of aromatic nitrogens is 2. The van der Waals surface area contributed by atoms with Crippen molar-refractivity contribution in [3.05, 3.63) is 41.2 Å². The van der Waals surface area contributed by atoms with Gasteiger partial charge in [-0.3, -0.25) is 15.2 Å². The van der Waals surface area contributed by atoms with Crippen LogP contribution in [-0.4, -0.2) is 48.3 Å². The first-order valence-electron chi connectivity index (χ1n) is 10.6. The van der Waals surface area contributed by atoms with Crippen LogP contribution in [0.25, 0.3) is 11.3 Å². The number of carbonyl (C=O) groups excluding carboxylic acids is 1. The highest BCUT2D eigenvalue weighted by Gasteiger charge is 2.42. The standard InChI is InChI=1S/C21H23F4N5O3S/c1-12-11-30(8-6-20(12,22)23)29-19(31)14-10-15-16(3-2-5-21(15,24)25)28-18(14)13-4-7-27-17(9-13)34(26,32)33/h4,7,9-10,12H,2-3,5-6,8,11H2,1H3,(H,29,31)(H2,26,32,33). The first-order valence-corrected chi connectivity index (χ1v) is 12.2. The number of amides is 1. The van der Waals surface area contributed by atoms with Crippen molar-refractivity contribution in [3.63, 3.8) is 0 Å². The van der Waals surface area contributed by atoms with Crippen molar-refractivity contribution in [2.45, 2.75) is 49.5 Å². The van der Waals surface area contributed by atoms with E-state index in [1.54, 1.807) is 0 Å². The maximum atomic E-state index is 14.6. The van der Waals surface area contributed by atoms with Gasteiger partial charge in [-0.25, -0.2) is 41.1 Å². The number of carbonyl (C=O) groups is 1. The summed E-state index contributed by atoms with van der Waals surface area (Å²) in [5.74, 6) is -7.91. The number of pyridine rings is 2. The number of primary sulfonamides is 1. The SMILES string of the molecule is CC1CN(NC(=O)c2cc3c(nc2-c2ccnc(S(N)(=O)=O)c2)CCCC3(F)F)CCC1(F)F. The third-order valence-corrected chi connectivity index (χ3v) is 6.94. The minimum atomic E-state index is -4.18. The molecule has 1 saturated heterocycles. The molecule has 184 valence electrons. The second-order valence-electron chi connectivity index (χ2n) is 8.66. The van der Waals surface area contributed by atoms with Crippen molar-refractivity contribution in [1.82, 2.24) is 20.4 Å². The number of nitrogens with zero attached hydrogens (tertiary/aromatic N) is 3. The smallest absolute Gasteiger partial charge is 0.275 e. The molecule has 0 bridgehead atoms. The monoisotopic (exact) mass is 501 g/mol. The Bertz CT molecular complexity index is 1240. The fourth-order valence-electron chi connectivity index (χ4n) is 4.17. The Morgan fingerprint density at radius 2 is 1.97 bits per heavy atom. The molecule has 4 rings (SSSR count). The molecule has 1 unspecified atom stereocenters. The van der Waals surface area contributed by atoms with Crippen molar-refractivity contribution in [2.24, 2.45) is 11.1 Å². The molecule has 2 aliphatic rings. The van der Waals surface area contributed by atoms with Crippen LogP contribution < -0.4 is 10.6 Å². The Morgan fingerprint density at radius 3 is 2.65 bits per heavy atom. The predicted molar refractivity (Wildman–Crippen MR) is 113 cm³/mol. The van der Waals surface area contributed by atoms with Crippen LogP contribution in [0.3, 0.4) is 0 Å². The summed E-state index contributed by atoms with van der Waals surface area (Å²) in [4.78, 5) is 21.2. The normalized spacial score (nSPS) is 22.1. The lowest BCUT2D eigenvalue weighted by atomic mass is 9.89. The van der Waals surface area contributed by atoms with Gasteiger partial charge in [-0.1, -0.05) is 6.92 Å². The van der Waals surface area contributed by atoms with Gasteiger partial charge in [-0.05, 0) is 31.0 Å². The maximum absolute atomic E-state index is 14.6. The molecule has 13 heteroatoms. The highest BCUT2D eigenvalue weighted by molar-refractivity contribution is 7.89. The number of hydrogen-bond donors (Lipinski definition) is 2. The first-order chi connectivity index (χ1) is 15.8. The van der Waals surface area contributed by atoms with Crippen LogP contribution in [0.5, 0.6) is 0 Å². The molecule has 0 aromatic carbocycles. The summed E-state index contributed by atoms with van der Waals surface area (Å²) in [6, 6.07) is 3.53. The average Bonchev–Trinajstić information content (AvgIpc) is 2.75. The van der Waals surface area contributed by atoms with Crippen molar-refractivity contribution in [1.29, 1.82) is 0 Å². The number of halogens is 4. The van der Waals surface area contributed by atoms with Crippen LogP contribution >= 0.6 is 0 Å². The van der Waals surface area contributed by atoms with Gasteiger partial charge >= 0.3 is 0 Å². The molecular weight excluding hydrogens is 478 g/mol. The summed E-state index contributed by atoms with van der Waals surface area (Å²) in [6.07, 6.45) is 0.735. The van der Waals surface area contributed by atoms with Gasteiger partial charge in [-0.15, -0.1) is 0 Å².